The van der Waals surface area contributed by atoms with Gasteiger partial charge in [0.2, 0.25) is 11.8 Å². The summed E-state index contributed by atoms with van der Waals surface area (Å²) in [5, 5.41) is 11.2. The molecule has 1 aliphatic rings. The van der Waals surface area contributed by atoms with Crippen molar-refractivity contribution in [3.05, 3.63) is 18.2 Å². The van der Waals surface area contributed by atoms with Gasteiger partial charge < -0.3 is 24.8 Å². The second-order valence-corrected chi connectivity index (χ2v) is 5.54. The number of nitrogens with one attached hydrogen (secondary N) is 1. The van der Waals surface area contributed by atoms with Crippen LogP contribution in [0.5, 0.6) is 11.5 Å². The fraction of sp³-hybridized carbons (Fsp3) is 0.438. The summed E-state index contributed by atoms with van der Waals surface area (Å²) in [6.07, 6.45) is 0.0255. The van der Waals surface area contributed by atoms with Gasteiger partial charge in [0.15, 0.2) is 0 Å². The molecule has 0 aliphatic carbocycles. The van der Waals surface area contributed by atoms with Crippen LogP contribution in [0.1, 0.15) is 13.3 Å². The average molecular weight is 336 g/mol. The molecule has 0 aromatic heterocycles. The van der Waals surface area contributed by atoms with Crippen LogP contribution in [0, 0.1) is 5.92 Å². The van der Waals surface area contributed by atoms with E-state index in [1.165, 1.54) is 26.0 Å². The molecular formula is C16H20N2O6. The molecule has 1 aromatic rings. The number of rotatable bonds is 6. The maximum Gasteiger partial charge on any atom is 0.325 e. The molecule has 1 heterocycles. The lowest BCUT2D eigenvalue weighted by Gasteiger charge is -2.19. The van der Waals surface area contributed by atoms with Crippen LogP contribution in [0.25, 0.3) is 0 Å². The van der Waals surface area contributed by atoms with Crippen LogP contribution in [-0.2, 0) is 14.4 Å². The topological polar surface area (TPSA) is 105 Å². The summed E-state index contributed by atoms with van der Waals surface area (Å²) >= 11 is 0. The second-order valence-electron chi connectivity index (χ2n) is 5.54. The van der Waals surface area contributed by atoms with Crippen LogP contribution in [0.4, 0.5) is 5.69 Å². The predicted octanol–water partition coefficient (Wildman–Crippen LogP) is 0.646. The van der Waals surface area contributed by atoms with Crippen molar-refractivity contribution in [3.63, 3.8) is 0 Å². The van der Waals surface area contributed by atoms with Gasteiger partial charge in [-0.05, 0) is 6.92 Å². The first-order valence-electron chi connectivity index (χ1n) is 7.42. The highest BCUT2D eigenvalue weighted by molar-refractivity contribution is 6.01. The fourth-order valence-corrected chi connectivity index (χ4v) is 2.47. The van der Waals surface area contributed by atoms with Gasteiger partial charge in [-0.2, -0.15) is 0 Å². The Hall–Kier alpha value is -2.77. The molecule has 1 fully saturated rings. The minimum atomic E-state index is -1.12. The van der Waals surface area contributed by atoms with Crippen LogP contribution in [0.3, 0.4) is 0 Å². The van der Waals surface area contributed by atoms with Crippen LogP contribution >= 0.6 is 0 Å². The summed E-state index contributed by atoms with van der Waals surface area (Å²) in [4.78, 5) is 36.7. The van der Waals surface area contributed by atoms with Crippen LogP contribution < -0.4 is 19.7 Å². The van der Waals surface area contributed by atoms with E-state index in [1.807, 2.05) is 0 Å². The molecule has 1 unspecified atom stereocenters. The van der Waals surface area contributed by atoms with Crippen LogP contribution in [0.2, 0.25) is 0 Å². The van der Waals surface area contributed by atoms with E-state index < -0.39 is 23.8 Å². The van der Waals surface area contributed by atoms with Crippen molar-refractivity contribution in [2.75, 3.05) is 25.7 Å². The molecule has 8 nitrogen and oxygen atoms in total. The molecule has 24 heavy (non-hydrogen) atoms. The summed E-state index contributed by atoms with van der Waals surface area (Å²) in [6, 6.07) is 4.04. The Morgan fingerprint density at radius 1 is 1.25 bits per heavy atom. The van der Waals surface area contributed by atoms with Crippen molar-refractivity contribution in [2.45, 2.75) is 19.4 Å². The standard InChI is InChI=1S/C16H20N2O6/c1-9(16(21)22)17-15(20)10-4-14(19)18(8-10)11-5-12(23-2)7-13(6-11)24-3/h5-7,9-10H,4,8H2,1-3H3,(H,17,20)(H,21,22)/t9-,10?/m1/s1. The zero-order valence-electron chi connectivity index (χ0n) is 13.7. The number of anilines is 1. The van der Waals surface area contributed by atoms with Crippen molar-refractivity contribution < 1.29 is 29.0 Å². The van der Waals surface area contributed by atoms with E-state index in [4.69, 9.17) is 14.6 Å². The van der Waals surface area contributed by atoms with Crippen molar-refractivity contribution in [1.82, 2.24) is 5.32 Å². The highest BCUT2D eigenvalue weighted by atomic mass is 16.5. The Bertz CT molecular complexity index is 638. The number of methoxy groups -OCH3 is 2. The number of benzene rings is 1. The zero-order valence-corrected chi connectivity index (χ0v) is 13.7. The molecule has 0 spiro atoms. The number of ether oxygens (including phenoxy) is 2. The average Bonchev–Trinajstić information content (AvgIpc) is 2.96. The minimum Gasteiger partial charge on any atom is -0.497 e. The third-order valence-electron chi connectivity index (χ3n) is 3.87. The van der Waals surface area contributed by atoms with Gasteiger partial charge in [0.1, 0.15) is 17.5 Å². The van der Waals surface area contributed by atoms with Gasteiger partial charge in [0.05, 0.1) is 25.8 Å². The van der Waals surface area contributed by atoms with Gasteiger partial charge in [-0.3, -0.25) is 14.4 Å². The van der Waals surface area contributed by atoms with E-state index in [0.29, 0.717) is 17.2 Å². The smallest absolute Gasteiger partial charge is 0.325 e. The molecule has 2 atom stereocenters. The number of nitrogens with zero attached hydrogens (tertiary/aromatic N) is 1. The monoisotopic (exact) mass is 336 g/mol. The first kappa shape index (κ1) is 17.6. The number of carbonyl (C=O) groups excluding carboxylic acids is 2. The molecule has 2 rings (SSSR count). The van der Waals surface area contributed by atoms with E-state index in [1.54, 1.807) is 18.2 Å². The Kier molecular flexibility index (Phi) is 5.28. The number of hydrogen-bond acceptors (Lipinski definition) is 5. The zero-order chi connectivity index (χ0) is 17.9. The Labute approximate surface area is 139 Å². The Morgan fingerprint density at radius 2 is 1.83 bits per heavy atom. The predicted molar refractivity (Wildman–Crippen MR) is 85.2 cm³/mol. The SMILES string of the molecule is COc1cc(OC)cc(N2CC(C(=O)N[C@H](C)C(=O)O)CC2=O)c1. The van der Waals surface area contributed by atoms with E-state index in [-0.39, 0.29) is 18.9 Å². The van der Waals surface area contributed by atoms with Gasteiger partial charge in [0.25, 0.3) is 0 Å². The summed E-state index contributed by atoms with van der Waals surface area (Å²) in [5.74, 6) is -1.32. The number of carbonyl (C=O) groups is 3. The van der Waals surface area contributed by atoms with E-state index in [0.717, 1.165) is 0 Å². The maximum absolute atomic E-state index is 12.3. The lowest BCUT2D eigenvalue weighted by Crippen LogP contribution is -2.42. The molecule has 2 N–H and O–H groups in total. The Morgan fingerprint density at radius 3 is 2.33 bits per heavy atom. The molecule has 0 saturated carbocycles. The summed E-state index contributed by atoms with van der Waals surface area (Å²) in [6.45, 7) is 1.55. The first-order valence-corrected chi connectivity index (χ1v) is 7.42. The van der Waals surface area contributed by atoms with Gasteiger partial charge in [-0.1, -0.05) is 0 Å². The molecule has 2 amide bonds. The van der Waals surface area contributed by atoms with Crippen molar-refractivity contribution in [1.29, 1.82) is 0 Å². The second kappa shape index (κ2) is 7.20. The van der Waals surface area contributed by atoms with Gasteiger partial charge in [-0.15, -0.1) is 0 Å². The molecule has 0 radical (unpaired) electrons. The quantitative estimate of drug-likeness (QED) is 0.790. The molecule has 130 valence electrons. The highest BCUT2D eigenvalue weighted by Gasteiger charge is 2.36. The maximum atomic E-state index is 12.3. The van der Waals surface area contributed by atoms with Crippen LogP contribution in [0.15, 0.2) is 18.2 Å². The fourth-order valence-electron chi connectivity index (χ4n) is 2.47. The lowest BCUT2D eigenvalue weighted by atomic mass is 10.1. The van der Waals surface area contributed by atoms with Crippen molar-refractivity contribution in [3.8, 4) is 11.5 Å². The number of carboxylic acid groups (broad SMARTS) is 1. The summed E-state index contributed by atoms with van der Waals surface area (Å²) < 4.78 is 10.4. The van der Waals surface area contributed by atoms with Crippen molar-refractivity contribution >= 4 is 23.5 Å². The number of aliphatic carboxylic acids is 1. The minimum absolute atomic E-state index is 0.0255. The number of hydrogen-bond donors (Lipinski definition) is 2. The van der Waals surface area contributed by atoms with E-state index >= 15 is 0 Å². The number of amides is 2. The third-order valence-corrected chi connectivity index (χ3v) is 3.87. The van der Waals surface area contributed by atoms with Gasteiger partial charge >= 0.3 is 5.97 Å². The molecule has 0 bridgehead atoms. The van der Waals surface area contributed by atoms with E-state index in [9.17, 15) is 14.4 Å². The molecular weight excluding hydrogens is 316 g/mol. The van der Waals surface area contributed by atoms with Gasteiger partial charge in [0, 0.05) is 31.2 Å². The third kappa shape index (κ3) is 3.76. The summed E-state index contributed by atoms with van der Waals surface area (Å²) in [5.41, 5.74) is 0.567. The van der Waals surface area contributed by atoms with Crippen molar-refractivity contribution in [2.24, 2.45) is 5.92 Å². The van der Waals surface area contributed by atoms with Crippen LogP contribution in [-0.4, -0.2) is 49.7 Å². The van der Waals surface area contributed by atoms with Gasteiger partial charge in [-0.25, -0.2) is 0 Å². The molecule has 8 heteroatoms. The van der Waals surface area contributed by atoms with E-state index in [2.05, 4.69) is 5.32 Å². The first-order chi connectivity index (χ1) is 11.3. The molecule has 1 aromatic carbocycles. The highest BCUT2D eigenvalue weighted by Crippen LogP contribution is 2.32. The molecule has 1 aliphatic heterocycles. The molecule has 1 saturated heterocycles. The largest absolute Gasteiger partial charge is 0.497 e. The lowest BCUT2D eigenvalue weighted by molar-refractivity contribution is -0.141. The number of carboxylic acids is 1. The Balaban J connectivity index is 2.15. The summed E-state index contributed by atoms with van der Waals surface area (Å²) in [7, 11) is 3.02. The normalized spacial score (nSPS) is 18.2.